The maximum atomic E-state index is 11.3. The van der Waals surface area contributed by atoms with Crippen molar-refractivity contribution < 1.29 is 9.21 Å². The second-order valence-corrected chi connectivity index (χ2v) is 5.91. The molecule has 1 amide bonds. The predicted molar refractivity (Wildman–Crippen MR) is 99.1 cm³/mol. The van der Waals surface area contributed by atoms with Gasteiger partial charge in [-0.15, -0.1) is 0 Å². The summed E-state index contributed by atoms with van der Waals surface area (Å²) in [4.78, 5) is 15.8. The van der Waals surface area contributed by atoms with Gasteiger partial charge in [-0.25, -0.2) is 4.98 Å². The summed E-state index contributed by atoms with van der Waals surface area (Å²) in [5.74, 6) is 0.376. The molecule has 1 aromatic heterocycles. The summed E-state index contributed by atoms with van der Waals surface area (Å²) < 4.78 is 5.75. The van der Waals surface area contributed by atoms with Crippen LogP contribution in [0.25, 0.3) is 22.6 Å². The first-order valence-electron chi connectivity index (χ1n) is 7.32. The zero-order valence-electron chi connectivity index (χ0n) is 12.8. The molecule has 0 radical (unpaired) electrons. The van der Waals surface area contributed by atoms with Crippen LogP contribution in [0.5, 0.6) is 0 Å². The maximum Gasteiger partial charge on any atom is 0.227 e. The summed E-state index contributed by atoms with van der Waals surface area (Å²) in [5, 5.41) is 6.45. The van der Waals surface area contributed by atoms with E-state index < -0.39 is 0 Å². The highest BCUT2D eigenvalue weighted by Gasteiger charge is 2.10. The summed E-state index contributed by atoms with van der Waals surface area (Å²) in [6.45, 7) is 1.76. The van der Waals surface area contributed by atoms with Crippen LogP contribution in [0.1, 0.15) is 13.3 Å². The smallest absolute Gasteiger partial charge is 0.227 e. The van der Waals surface area contributed by atoms with Crippen molar-refractivity contribution in [1.29, 1.82) is 0 Å². The average Bonchev–Trinajstić information content (AvgIpc) is 2.98. The Labute approximate surface area is 149 Å². The molecule has 0 saturated heterocycles. The molecule has 0 saturated carbocycles. The number of nitrogens with one attached hydrogen (secondary N) is 2. The van der Waals surface area contributed by atoms with E-state index in [4.69, 9.17) is 28.2 Å². The Balaban J connectivity index is 1.82. The lowest BCUT2D eigenvalue weighted by Crippen LogP contribution is -2.33. The van der Waals surface area contributed by atoms with E-state index in [-0.39, 0.29) is 11.0 Å². The van der Waals surface area contributed by atoms with Crippen molar-refractivity contribution in [2.24, 2.45) is 0 Å². The van der Waals surface area contributed by atoms with Crippen molar-refractivity contribution in [1.82, 2.24) is 10.3 Å². The fourth-order valence-electron chi connectivity index (χ4n) is 2.10. The molecule has 1 heterocycles. The van der Waals surface area contributed by atoms with E-state index in [1.54, 1.807) is 25.1 Å². The molecule has 0 atom stereocenters. The molecular weight excluding hydrogens is 346 g/mol. The highest BCUT2D eigenvalue weighted by molar-refractivity contribution is 7.80. The molecule has 0 spiro atoms. The number of halogens is 1. The fourth-order valence-corrected chi connectivity index (χ4v) is 2.46. The minimum Gasteiger partial charge on any atom is -0.436 e. The quantitative estimate of drug-likeness (QED) is 0.679. The first-order chi connectivity index (χ1) is 11.5. The van der Waals surface area contributed by atoms with E-state index in [1.807, 2.05) is 24.3 Å². The van der Waals surface area contributed by atoms with Crippen LogP contribution in [-0.4, -0.2) is 16.0 Å². The second kappa shape index (κ2) is 6.98. The number of aromatic nitrogens is 1. The Hall–Kier alpha value is -2.44. The molecule has 0 fully saturated rings. The summed E-state index contributed by atoms with van der Waals surface area (Å²) >= 11 is 11.0. The van der Waals surface area contributed by atoms with Crippen LogP contribution in [0.15, 0.2) is 46.9 Å². The van der Waals surface area contributed by atoms with Gasteiger partial charge in [0, 0.05) is 22.7 Å². The number of hydrogen-bond donors (Lipinski definition) is 2. The number of nitrogens with zero attached hydrogens (tertiary/aromatic N) is 1. The molecule has 0 aliphatic carbocycles. The minimum absolute atomic E-state index is 0.139. The topological polar surface area (TPSA) is 67.2 Å². The predicted octanol–water partition coefficient (Wildman–Crippen LogP) is 4.37. The lowest BCUT2D eigenvalue weighted by atomic mass is 10.2. The molecule has 24 heavy (non-hydrogen) atoms. The minimum atomic E-state index is -0.139. The number of carbonyl (C=O) groups is 1. The van der Waals surface area contributed by atoms with E-state index in [0.717, 1.165) is 11.3 Å². The van der Waals surface area contributed by atoms with Crippen LogP contribution in [-0.2, 0) is 4.79 Å². The Morgan fingerprint density at radius 2 is 2.00 bits per heavy atom. The maximum absolute atomic E-state index is 11.3. The van der Waals surface area contributed by atoms with Crippen molar-refractivity contribution in [3.8, 4) is 11.5 Å². The van der Waals surface area contributed by atoms with Crippen LogP contribution >= 0.6 is 23.8 Å². The van der Waals surface area contributed by atoms with Gasteiger partial charge in [-0.05, 0) is 54.7 Å². The Bertz CT molecular complexity index is 906. The van der Waals surface area contributed by atoms with Crippen LogP contribution in [0, 0.1) is 0 Å². The number of oxazole rings is 1. The molecule has 0 aliphatic heterocycles. The van der Waals surface area contributed by atoms with Gasteiger partial charge < -0.3 is 15.1 Å². The van der Waals surface area contributed by atoms with Gasteiger partial charge in [0.2, 0.25) is 11.8 Å². The van der Waals surface area contributed by atoms with Crippen molar-refractivity contribution >= 4 is 51.6 Å². The molecule has 2 N–H and O–H groups in total. The number of carbonyl (C=O) groups excluding carboxylic acids is 1. The third-order valence-electron chi connectivity index (χ3n) is 3.31. The first-order valence-corrected chi connectivity index (χ1v) is 8.11. The number of rotatable bonds is 3. The number of amides is 1. The van der Waals surface area contributed by atoms with Gasteiger partial charge in [-0.3, -0.25) is 4.79 Å². The lowest BCUT2D eigenvalue weighted by Gasteiger charge is -2.08. The van der Waals surface area contributed by atoms with Crippen LogP contribution in [0.4, 0.5) is 5.69 Å². The van der Waals surface area contributed by atoms with E-state index in [1.165, 1.54) is 0 Å². The van der Waals surface area contributed by atoms with E-state index in [9.17, 15) is 4.79 Å². The van der Waals surface area contributed by atoms with Crippen molar-refractivity contribution in [2.75, 3.05) is 5.32 Å². The normalized spacial score (nSPS) is 10.6. The Kier molecular flexibility index (Phi) is 4.78. The summed E-state index contributed by atoms with van der Waals surface area (Å²) in [6.07, 6.45) is 0.370. The van der Waals surface area contributed by atoms with E-state index >= 15 is 0 Å². The summed E-state index contributed by atoms with van der Waals surface area (Å²) in [5.41, 5.74) is 2.92. The van der Waals surface area contributed by atoms with Crippen molar-refractivity contribution in [2.45, 2.75) is 13.3 Å². The molecule has 3 rings (SSSR count). The van der Waals surface area contributed by atoms with E-state index in [2.05, 4.69) is 15.6 Å². The van der Waals surface area contributed by atoms with Crippen LogP contribution in [0.2, 0.25) is 5.02 Å². The zero-order valence-corrected chi connectivity index (χ0v) is 14.4. The Morgan fingerprint density at radius 1 is 1.25 bits per heavy atom. The van der Waals surface area contributed by atoms with Gasteiger partial charge in [-0.2, -0.15) is 0 Å². The third-order valence-corrected chi connectivity index (χ3v) is 3.77. The molecule has 0 aliphatic rings. The standard InChI is InChI=1S/C17H14ClN3O2S/c1-2-15(22)21-17(24)19-12-7-8-14-13(9-12)20-16(23-14)10-3-5-11(18)6-4-10/h3-9H,2H2,1H3,(H2,19,21,22,24). The Morgan fingerprint density at radius 3 is 2.71 bits per heavy atom. The molecular formula is C17H14ClN3O2S. The van der Waals surface area contributed by atoms with E-state index in [0.29, 0.717) is 28.4 Å². The summed E-state index contributed by atoms with van der Waals surface area (Å²) in [6, 6.07) is 12.7. The van der Waals surface area contributed by atoms with Gasteiger partial charge >= 0.3 is 0 Å². The van der Waals surface area contributed by atoms with Gasteiger partial charge in [0.1, 0.15) is 5.52 Å². The number of fused-ring (bicyclic) bond motifs is 1. The number of hydrogen-bond acceptors (Lipinski definition) is 4. The van der Waals surface area contributed by atoms with Gasteiger partial charge in [0.15, 0.2) is 10.7 Å². The van der Waals surface area contributed by atoms with Crippen molar-refractivity contribution in [3.63, 3.8) is 0 Å². The van der Waals surface area contributed by atoms with Crippen LogP contribution in [0.3, 0.4) is 0 Å². The lowest BCUT2D eigenvalue weighted by molar-refractivity contribution is -0.119. The highest BCUT2D eigenvalue weighted by Crippen LogP contribution is 2.27. The first kappa shape index (κ1) is 16.4. The third kappa shape index (κ3) is 3.72. The molecule has 0 bridgehead atoms. The average molecular weight is 360 g/mol. The molecule has 3 aromatic rings. The molecule has 2 aromatic carbocycles. The zero-order chi connectivity index (χ0) is 17.1. The monoisotopic (exact) mass is 359 g/mol. The molecule has 0 unspecified atom stereocenters. The molecule has 122 valence electrons. The number of benzene rings is 2. The highest BCUT2D eigenvalue weighted by atomic mass is 35.5. The van der Waals surface area contributed by atoms with Crippen LogP contribution < -0.4 is 10.6 Å². The number of thiocarbonyl (C=S) groups is 1. The van der Waals surface area contributed by atoms with Gasteiger partial charge in [-0.1, -0.05) is 18.5 Å². The molecule has 5 nitrogen and oxygen atoms in total. The largest absolute Gasteiger partial charge is 0.436 e. The molecule has 7 heteroatoms. The van der Waals surface area contributed by atoms with Gasteiger partial charge in [0.05, 0.1) is 0 Å². The summed E-state index contributed by atoms with van der Waals surface area (Å²) in [7, 11) is 0. The number of anilines is 1. The van der Waals surface area contributed by atoms with Gasteiger partial charge in [0.25, 0.3) is 0 Å². The van der Waals surface area contributed by atoms with Crippen molar-refractivity contribution in [3.05, 3.63) is 47.5 Å². The fraction of sp³-hybridized carbons (Fsp3) is 0.118. The SMILES string of the molecule is CCC(=O)NC(=S)Nc1ccc2oc(-c3ccc(Cl)cc3)nc2c1. The second-order valence-electron chi connectivity index (χ2n) is 5.06.